The molecule has 244 valence electrons. The van der Waals surface area contributed by atoms with E-state index in [4.69, 9.17) is 16.2 Å². The normalized spacial score (nSPS) is 17.7. The fraction of sp³-hybridized carbons (Fsp3) is 0.613. The number of nitrogens with zero attached hydrogens (tertiary/aromatic N) is 1. The predicted octanol–water partition coefficient (Wildman–Crippen LogP) is 1.69. The van der Waals surface area contributed by atoms with Crippen molar-refractivity contribution < 1.29 is 33.5 Å². The summed E-state index contributed by atoms with van der Waals surface area (Å²) in [6, 6.07) is 5.53. The van der Waals surface area contributed by atoms with Crippen molar-refractivity contribution in [2.24, 2.45) is 35.1 Å². The number of hydrogen-bond donors (Lipinski definition) is 5. The molecule has 0 spiro atoms. The summed E-state index contributed by atoms with van der Waals surface area (Å²) in [4.78, 5) is 76.9. The summed E-state index contributed by atoms with van der Waals surface area (Å²) in [7, 11) is 1.35. The van der Waals surface area contributed by atoms with Crippen LogP contribution in [0.2, 0.25) is 0 Å². The standard InChI is InChI=1S/C31H48N6O7/c1-19(2)28(36-26(39)11-12-27(40)37-15-13-24(20(3)18-37)30(42)44-4)25(38)16-22(6-5-14-34-31(33)43)29(41)35-23-9-7-21(17-32)8-10-23/h7-10,19-20,22,24,28H,5-6,11-18,32H2,1-4H3,(H,35,41)(H,36,39)(H3,33,34,43)/t20?,22-,24?,28+/m1/s1. The Morgan fingerprint density at radius 2 is 1.75 bits per heavy atom. The molecule has 2 unspecified atom stereocenters. The van der Waals surface area contributed by atoms with E-state index in [2.05, 4.69) is 16.0 Å². The molecular formula is C31H48N6O7. The number of anilines is 1. The van der Waals surface area contributed by atoms with E-state index in [1.165, 1.54) is 7.11 Å². The summed E-state index contributed by atoms with van der Waals surface area (Å²) in [5.74, 6) is -2.87. The molecule has 0 aromatic heterocycles. The maximum absolute atomic E-state index is 13.4. The quantitative estimate of drug-likeness (QED) is 0.136. The number of rotatable bonds is 16. The van der Waals surface area contributed by atoms with Gasteiger partial charge in [0, 0.05) is 57.0 Å². The van der Waals surface area contributed by atoms with Crippen LogP contribution in [0.3, 0.4) is 0 Å². The van der Waals surface area contributed by atoms with E-state index in [9.17, 15) is 28.8 Å². The zero-order valence-corrected chi connectivity index (χ0v) is 26.2. The number of amides is 5. The second kappa shape index (κ2) is 18.0. The first kappa shape index (κ1) is 36.2. The van der Waals surface area contributed by atoms with Gasteiger partial charge in [0.2, 0.25) is 17.7 Å². The molecule has 1 aliphatic rings. The number of likely N-dealkylation sites (tertiary alicyclic amines) is 1. The number of carbonyl (C=O) groups excluding carboxylic acids is 6. The first-order valence-corrected chi connectivity index (χ1v) is 15.2. The van der Waals surface area contributed by atoms with Crippen LogP contribution in [0.5, 0.6) is 0 Å². The van der Waals surface area contributed by atoms with Gasteiger partial charge in [-0.05, 0) is 48.8 Å². The summed E-state index contributed by atoms with van der Waals surface area (Å²) >= 11 is 0. The van der Waals surface area contributed by atoms with Gasteiger partial charge in [-0.3, -0.25) is 24.0 Å². The Balaban J connectivity index is 1.98. The Morgan fingerprint density at radius 3 is 2.32 bits per heavy atom. The molecule has 1 heterocycles. The van der Waals surface area contributed by atoms with Gasteiger partial charge in [0.05, 0.1) is 19.1 Å². The molecule has 5 amide bonds. The molecule has 44 heavy (non-hydrogen) atoms. The minimum Gasteiger partial charge on any atom is -0.469 e. The lowest BCUT2D eigenvalue weighted by Crippen LogP contribution is -2.47. The summed E-state index contributed by atoms with van der Waals surface area (Å²) in [6.45, 7) is 6.92. The Morgan fingerprint density at radius 1 is 1.07 bits per heavy atom. The molecule has 0 bridgehead atoms. The number of primary amides is 1. The van der Waals surface area contributed by atoms with Gasteiger partial charge in [-0.2, -0.15) is 0 Å². The molecule has 1 aromatic rings. The Kier molecular flexibility index (Phi) is 14.8. The number of hydrogen-bond acceptors (Lipinski definition) is 8. The lowest BCUT2D eigenvalue weighted by atomic mass is 9.87. The third-order valence-corrected chi connectivity index (χ3v) is 7.96. The third kappa shape index (κ3) is 11.6. The fourth-order valence-corrected chi connectivity index (χ4v) is 5.34. The van der Waals surface area contributed by atoms with E-state index in [1.54, 1.807) is 43.0 Å². The molecule has 1 saturated heterocycles. The van der Waals surface area contributed by atoms with Crippen LogP contribution in [0.1, 0.15) is 64.9 Å². The molecule has 4 atom stereocenters. The molecule has 2 rings (SSSR count). The van der Waals surface area contributed by atoms with Gasteiger partial charge < -0.3 is 37.1 Å². The molecular weight excluding hydrogens is 568 g/mol. The average Bonchev–Trinajstić information content (AvgIpc) is 2.99. The van der Waals surface area contributed by atoms with Crippen LogP contribution in [0.25, 0.3) is 0 Å². The SMILES string of the molecule is COC(=O)C1CCN(C(=O)CCC(=O)N[C@H](C(=O)C[C@@H](CCCNC(N)=O)C(=O)Nc2ccc(CN)cc2)C(C)C)CC1C. The molecule has 1 aromatic carbocycles. The van der Waals surface area contributed by atoms with Crippen LogP contribution < -0.4 is 27.4 Å². The first-order valence-electron chi connectivity index (χ1n) is 15.2. The lowest BCUT2D eigenvalue weighted by Gasteiger charge is -2.35. The molecule has 13 nitrogen and oxygen atoms in total. The monoisotopic (exact) mass is 616 g/mol. The maximum atomic E-state index is 13.4. The zero-order valence-electron chi connectivity index (χ0n) is 26.2. The highest BCUT2D eigenvalue weighted by Crippen LogP contribution is 2.25. The number of piperidine rings is 1. The number of methoxy groups -OCH3 is 1. The van der Waals surface area contributed by atoms with Gasteiger partial charge in [0.1, 0.15) is 0 Å². The molecule has 0 saturated carbocycles. The van der Waals surface area contributed by atoms with Crippen molar-refractivity contribution in [2.75, 3.05) is 32.1 Å². The highest BCUT2D eigenvalue weighted by Gasteiger charge is 2.34. The maximum Gasteiger partial charge on any atom is 0.312 e. The lowest BCUT2D eigenvalue weighted by molar-refractivity contribution is -0.151. The van der Waals surface area contributed by atoms with Crippen molar-refractivity contribution in [3.05, 3.63) is 29.8 Å². The van der Waals surface area contributed by atoms with Crippen molar-refractivity contribution in [1.29, 1.82) is 0 Å². The number of urea groups is 1. The van der Waals surface area contributed by atoms with Crippen LogP contribution >= 0.6 is 0 Å². The van der Waals surface area contributed by atoms with Crippen LogP contribution in [0.4, 0.5) is 10.5 Å². The molecule has 1 fully saturated rings. The summed E-state index contributed by atoms with van der Waals surface area (Å²) in [6.07, 6.45) is 0.970. The van der Waals surface area contributed by atoms with Crippen LogP contribution in [-0.4, -0.2) is 73.2 Å². The number of nitrogens with two attached hydrogens (primary N) is 2. The van der Waals surface area contributed by atoms with Crippen LogP contribution in [0.15, 0.2) is 24.3 Å². The van der Waals surface area contributed by atoms with Gasteiger partial charge in [-0.25, -0.2) is 4.79 Å². The topological polar surface area (TPSA) is 203 Å². The van der Waals surface area contributed by atoms with Crippen molar-refractivity contribution >= 4 is 41.2 Å². The molecule has 1 aliphatic heterocycles. The summed E-state index contributed by atoms with van der Waals surface area (Å²) < 4.78 is 4.85. The Labute approximate surface area is 259 Å². The fourth-order valence-electron chi connectivity index (χ4n) is 5.34. The number of ketones is 1. The largest absolute Gasteiger partial charge is 0.469 e. The highest BCUT2D eigenvalue weighted by molar-refractivity contribution is 5.97. The third-order valence-electron chi connectivity index (χ3n) is 7.96. The van der Waals surface area contributed by atoms with Gasteiger partial charge >= 0.3 is 12.0 Å². The van der Waals surface area contributed by atoms with Crippen LogP contribution in [0, 0.1) is 23.7 Å². The van der Waals surface area contributed by atoms with Crippen molar-refractivity contribution in [3.63, 3.8) is 0 Å². The van der Waals surface area contributed by atoms with E-state index >= 15 is 0 Å². The number of benzene rings is 1. The summed E-state index contributed by atoms with van der Waals surface area (Å²) in [5, 5.41) is 8.08. The molecule has 0 aliphatic carbocycles. The smallest absolute Gasteiger partial charge is 0.312 e. The number of nitrogens with one attached hydrogen (secondary N) is 3. The number of ether oxygens (including phenoxy) is 1. The predicted molar refractivity (Wildman–Crippen MR) is 165 cm³/mol. The highest BCUT2D eigenvalue weighted by atomic mass is 16.5. The number of esters is 1. The van der Waals surface area contributed by atoms with Crippen molar-refractivity contribution in [1.82, 2.24) is 15.5 Å². The van der Waals surface area contributed by atoms with E-state index < -0.39 is 23.9 Å². The Hall–Kier alpha value is -4.00. The zero-order chi connectivity index (χ0) is 32.8. The summed E-state index contributed by atoms with van der Waals surface area (Å²) in [5.41, 5.74) is 12.2. The minimum atomic E-state index is -0.851. The molecule has 13 heteroatoms. The van der Waals surface area contributed by atoms with E-state index in [0.717, 1.165) is 5.56 Å². The van der Waals surface area contributed by atoms with Gasteiger partial charge in [0.25, 0.3) is 0 Å². The second-order valence-corrected chi connectivity index (χ2v) is 11.7. The Bertz CT molecular complexity index is 1160. The van der Waals surface area contributed by atoms with Gasteiger partial charge in [-0.1, -0.05) is 32.9 Å². The van der Waals surface area contributed by atoms with Crippen molar-refractivity contribution in [2.45, 2.75) is 71.9 Å². The van der Waals surface area contributed by atoms with Gasteiger partial charge in [-0.15, -0.1) is 0 Å². The van der Waals surface area contributed by atoms with E-state index in [-0.39, 0.29) is 67.1 Å². The first-order chi connectivity index (χ1) is 20.9. The van der Waals surface area contributed by atoms with Gasteiger partial charge in [0.15, 0.2) is 5.78 Å². The second-order valence-electron chi connectivity index (χ2n) is 11.7. The van der Waals surface area contributed by atoms with Crippen LogP contribution in [-0.2, 0) is 35.3 Å². The minimum absolute atomic E-state index is 0.0265. The van der Waals surface area contributed by atoms with Crippen molar-refractivity contribution in [3.8, 4) is 0 Å². The molecule has 7 N–H and O–H groups in total. The van der Waals surface area contributed by atoms with E-state index in [0.29, 0.717) is 44.6 Å². The number of carbonyl (C=O) groups is 6. The van der Waals surface area contributed by atoms with E-state index in [1.807, 2.05) is 6.92 Å². The number of Topliss-reactive ketones (excluding diaryl/α,β-unsaturated/α-hetero) is 1. The average molecular weight is 617 g/mol. The molecule has 0 radical (unpaired) electrons.